The average molecular weight is 354 g/mol. The lowest BCUT2D eigenvalue weighted by Gasteiger charge is -2.34. The molecule has 1 aliphatic carbocycles. The summed E-state index contributed by atoms with van der Waals surface area (Å²) in [6.45, 7) is 11.3. The standard InChI is InChI=1S/C20H34O5/c1-11(2)7-9-14-18(23)16(17(22)13(5)6)19(24)20(14,25)15(21)10-8-12(3)4/h11-15,21,24-25H,7-10H2,1-6H3/t14?,15?,20-/m0/s1. The van der Waals surface area contributed by atoms with Crippen molar-refractivity contribution in [3.05, 3.63) is 11.3 Å². The summed E-state index contributed by atoms with van der Waals surface area (Å²) in [5.41, 5.74) is -2.39. The van der Waals surface area contributed by atoms with E-state index in [-0.39, 0.29) is 12.0 Å². The van der Waals surface area contributed by atoms with Crippen LogP contribution in [-0.2, 0) is 9.59 Å². The molecule has 1 aliphatic rings. The average Bonchev–Trinajstić information content (AvgIpc) is 2.69. The van der Waals surface area contributed by atoms with Crippen LogP contribution in [-0.4, -0.2) is 38.6 Å². The number of carbonyl (C=O) groups is 2. The maximum Gasteiger partial charge on any atom is 0.176 e. The zero-order valence-electron chi connectivity index (χ0n) is 16.4. The first-order valence-corrected chi connectivity index (χ1v) is 9.37. The van der Waals surface area contributed by atoms with Gasteiger partial charge in [0.2, 0.25) is 0 Å². The number of rotatable bonds is 9. The second-order valence-electron chi connectivity index (χ2n) is 8.44. The van der Waals surface area contributed by atoms with Crippen molar-refractivity contribution >= 4 is 11.6 Å². The van der Waals surface area contributed by atoms with Crippen LogP contribution in [0.1, 0.15) is 67.2 Å². The maximum atomic E-state index is 12.8. The van der Waals surface area contributed by atoms with Crippen molar-refractivity contribution in [1.82, 2.24) is 0 Å². The summed E-state index contributed by atoms with van der Waals surface area (Å²) in [6, 6.07) is 0. The summed E-state index contributed by atoms with van der Waals surface area (Å²) in [6.07, 6.45) is 0.604. The fourth-order valence-electron chi connectivity index (χ4n) is 3.34. The Hall–Kier alpha value is -1.20. The lowest BCUT2D eigenvalue weighted by Crippen LogP contribution is -2.49. The van der Waals surface area contributed by atoms with E-state index < -0.39 is 40.9 Å². The maximum absolute atomic E-state index is 12.8. The van der Waals surface area contributed by atoms with Gasteiger partial charge in [-0.1, -0.05) is 48.0 Å². The number of hydrogen-bond donors (Lipinski definition) is 3. The second kappa shape index (κ2) is 8.45. The van der Waals surface area contributed by atoms with Crippen LogP contribution in [0.5, 0.6) is 0 Å². The number of ketones is 2. The highest BCUT2D eigenvalue weighted by atomic mass is 16.4. The Kier molecular flexibility index (Phi) is 7.39. The van der Waals surface area contributed by atoms with E-state index in [2.05, 4.69) is 0 Å². The minimum absolute atomic E-state index is 0.257. The molecule has 0 fully saturated rings. The largest absolute Gasteiger partial charge is 0.508 e. The predicted octanol–water partition coefficient (Wildman–Crippen LogP) is 3.19. The van der Waals surface area contributed by atoms with Crippen molar-refractivity contribution in [2.75, 3.05) is 0 Å². The minimum Gasteiger partial charge on any atom is -0.508 e. The van der Waals surface area contributed by atoms with Crippen LogP contribution in [0.2, 0.25) is 0 Å². The van der Waals surface area contributed by atoms with E-state index in [1.807, 2.05) is 27.7 Å². The van der Waals surface area contributed by atoms with E-state index in [9.17, 15) is 24.9 Å². The molecule has 2 unspecified atom stereocenters. The molecular weight excluding hydrogens is 320 g/mol. The number of hydrogen-bond acceptors (Lipinski definition) is 5. The molecular formula is C20H34O5. The monoisotopic (exact) mass is 354 g/mol. The van der Waals surface area contributed by atoms with Crippen LogP contribution in [0.3, 0.4) is 0 Å². The van der Waals surface area contributed by atoms with Gasteiger partial charge in [-0.15, -0.1) is 0 Å². The van der Waals surface area contributed by atoms with Crippen LogP contribution in [0.15, 0.2) is 11.3 Å². The first-order valence-electron chi connectivity index (χ1n) is 9.37. The summed E-state index contributed by atoms with van der Waals surface area (Å²) in [5, 5.41) is 32.4. The van der Waals surface area contributed by atoms with Gasteiger partial charge in [0.15, 0.2) is 17.2 Å². The predicted molar refractivity (Wildman–Crippen MR) is 97.1 cm³/mol. The topological polar surface area (TPSA) is 94.8 Å². The van der Waals surface area contributed by atoms with Crippen molar-refractivity contribution in [3.63, 3.8) is 0 Å². The van der Waals surface area contributed by atoms with E-state index in [1.54, 1.807) is 13.8 Å². The van der Waals surface area contributed by atoms with E-state index in [4.69, 9.17) is 0 Å². The van der Waals surface area contributed by atoms with Gasteiger partial charge in [-0.05, 0) is 31.1 Å². The molecule has 25 heavy (non-hydrogen) atoms. The van der Waals surface area contributed by atoms with Crippen molar-refractivity contribution in [2.45, 2.75) is 78.9 Å². The van der Waals surface area contributed by atoms with Gasteiger partial charge in [-0.3, -0.25) is 9.59 Å². The third-order valence-electron chi connectivity index (χ3n) is 5.04. The highest BCUT2D eigenvalue weighted by Gasteiger charge is 2.58. The summed E-state index contributed by atoms with van der Waals surface area (Å²) >= 11 is 0. The summed E-state index contributed by atoms with van der Waals surface area (Å²) in [4.78, 5) is 25.2. The molecule has 0 amide bonds. The third-order valence-corrected chi connectivity index (χ3v) is 5.04. The number of carbonyl (C=O) groups excluding carboxylic acids is 2. The normalized spacial score (nSPS) is 25.6. The Balaban J connectivity index is 3.27. The SMILES string of the molecule is CC(C)CCC(O)[C@]1(O)C(O)=C(C(=O)C(C)C)C(=O)C1CCC(C)C. The van der Waals surface area contributed by atoms with Crippen LogP contribution in [0.4, 0.5) is 0 Å². The summed E-state index contributed by atoms with van der Waals surface area (Å²) in [7, 11) is 0. The summed E-state index contributed by atoms with van der Waals surface area (Å²) in [5.74, 6) is -2.49. The van der Waals surface area contributed by atoms with Gasteiger partial charge in [0.1, 0.15) is 11.3 Å². The highest BCUT2D eigenvalue weighted by molar-refractivity contribution is 6.24. The van der Waals surface area contributed by atoms with Gasteiger partial charge in [0.25, 0.3) is 0 Å². The zero-order chi connectivity index (χ0) is 19.5. The Labute approximate surface area is 151 Å². The van der Waals surface area contributed by atoms with Crippen molar-refractivity contribution in [3.8, 4) is 0 Å². The molecule has 1 rings (SSSR count). The molecule has 0 heterocycles. The highest BCUT2D eigenvalue weighted by Crippen LogP contribution is 2.44. The van der Waals surface area contributed by atoms with E-state index in [0.717, 1.165) is 0 Å². The lowest BCUT2D eigenvalue weighted by molar-refractivity contribution is -0.137. The van der Waals surface area contributed by atoms with Gasteiger partial charge in [-0.25, -0.2) is 0 Å². The van der Waals surface area contributed by atoms with Crippen molar-refractivity contribution in [2.24, 2.45) is 23.7 Å². The van der Waals surface area contributed by atoms with Gasteiger partial charge >= 0.3 is 0 Å². The van der Waals surface area contributed by atoms with Crippen LogP contribution in [0, 0.1) is 23.7 Å². The van der Waals surface area contributed by atoms with Crippen LogP contribution < -0.4 is 0 Å². The molecule has 3 atom stereocenters. The van der Waals surface area contributed by atoms with Crippen LogP contribution in [0.25, 0.3) is 0 Å². The second-order valence-corrected chi connectivity index (χ2v) is 8.44. The van der Waals surface area contributed by atoms with Gasteiger partial charge in [0, 0.05) is 5.92 Å². The summed E-state index contributed by atoms with van der Waals surface area (Å²) < 4.78 is 0. The third kappa shape index (κ3) is 4.50. The Bertz CT molecular complexity index is 532. The fraction of sp³-hybridized carbons (Fsp3) is 0.800. The molecule has 3 N–H and O–H groups in total. The number of allylic oxidation sites excluding steroid dienone is 1. The Morgan fingerprint density at radius 3 is 2.00 bits per heavy atom. The minimum atomic E-state index is -2.07. The fourth-order valence-corrected chi connectivity index (χ4v) is 3.34. The Morgan fingerprint density at radius 1 is 1.04 bits per heavy atom. The first-order chi connectivity index (χ1) is 11.4. The molecule has 5 nitrogen and oxygen atoms in total. The van der Waals surface area contributed by atoms with Crippen LogP contribution >= 0.6 is 0 Å². The molecule has 0 aromatic carbocycles. The number of Topliss-reactive ketones (excluding diaryl/α,β-unsaturated/α-hetero) is 2. The zero-order valence-corrected chi connectivity index (χ0v) is 16.4. The number of aliphatic hydroxyl groups excluding tert-OH is 2. The smallest absolute Gasteiger partial charge is 0.176 e. The number of aliphatic hydroxyl groups is 3. The quantitative estimate of drug-likeness (QED) is 0.553. The first kappa shape index (κ1) is 21.8. The van der Waals surface area contributed by atoms with Gasteiger partial charge in [-0.2, -0.15) is 0 Å². The van der Waals surface area contributed by atoms with Crippen molar-refractivity contribution < 1.29 is 24.9 Å². The lowest BCUT2D eigenvalue weighted by atomic mass is 9.78. The molecule has 144 valence electrons. The molecule has 0 aliphatic heterocycles. The molecule has 0 spiro atoms. The van der Waals surface area contributed by atoms with E-state index >= 15 is 0 Å². The molecule has 0 bridgehead atoms. The van der Waals surface area contributed by atoms with Crippen molar-refractivity contribution in [1.29, 1.82) is 0 Å². The van der Waals surface area contributed by atoms with E-state index in [0.29, 0.717) is 31.1 Å². The molecule has 5 heteroatoms. The molecule has 0 aromatic rings. The van der Waals surface area contributed by atoms with E-state index in [1.165, 1.54) is 0 Å². The molecule has 0 saturated carbocycles. The molecule has 0 aromatic heterocycles. The molecule has 0 radical (unpaired) electrons. The molecule has 0 saturated heterocycles. The van der Waals surface area contributed by atoms with Gasteiger partial charge in [0.05, 0.1) is 12.0 Å². The van der Waals surface area contributed by atoms with Gasteiger partial charge < -0.3 is 15.3 Å². The Morgan fingerprint density at radius 2 is 1.56 bits per heavy atom.